The van der Waals surface area contributed by atoms with Crippen LogP contribution in [0.15, 0.2) is 42.7 Å². The number of amides is 1. The monoisotopic (exact) mass is 328 g/mol. The normalized spacial score (nSPS) is 11.5. The first-order valence-corrected chi connectivity index (χ1v) is 7.39. The molecule has 3 rings (SSSR count). The molecule has 1 amide bonds. The van der Waals surface area contributed by atoms with E-state index in [4.69, 9.17) is 0 Å². The van der Waals surface area contributed by atoms with Crippen molar-refractivity contribution in [2.45, 2.75) is 26.3 Å². The number of aromatic nitrogens is 5. The Balaban J connectivity index is 1.74. The molecule has 7 nitrogen and oxygen atoms in total. The molecule has 2 heterocycles. The minimum atomic E-state index is -0.414. The van der Waals surface area contributed by atoms with Crippen LogP contribution < -0.4 is 5.32 Å². The Hall–Kier alpha value is -3.03. The molecule has 1 N–H and O–H groups in total. The molecule has 0 bridgehead atoms. The Morgan fingerprint density at radius 1 is 1.12 bits per heavy atom. The zero-order valence-corrected chi connectivity index (χ0v) is 13.6. The minimum absolute atomic E-state index is 0.143. The van der Waals surface area contributed by atoms with Crippen LogP contribution in [0.4, 0.5) is 10.2 Å². The molecule has 1 aromatic carbocycles. The molecular formula is C16H17FN6O. The van der Waals surface area contributed by atoms with Gasteiger partial charge in [0.1, 0.15) is 5.82 Å². The summed E-state index contributed by atoms with van der Waals surface area (Å²) in [5.41, 5.74) is 0.534. The standard InChI is InChI=1S/C16H17FN6O/c1-16(2,3)22-9-8-14(21-22)19-15(24)13-10-18-23(20-13)12-6-4-11(17)5-7-12/h4-10H,1-3H3,(H,19,21,24). The highest BCUT2D eigenvalue weighted by Gasteiger charge is 2.17. The quantitative estimate of drug-likeness (QED) is 0.802. The molecule has 0 saturated carbocycles. The number of carbonyl (C=O) groups is 1. The van der Waals surface area contributed by atoms with E-state index >= 15 is 0 Å². The van der Waals surface area contributed by atoms with Gasteiger partial charge in [0.15, 0.2) is 11.5 Å². The summed E-state index contributed by atoms with van der Waals surface area (Å²) in [5.74, 6) is -0.327. The number of carbonyl (C=O) groups excluding carboxylic acids is 1. The van der Waals surface area contributed by atoms with Crippen molar-refractivity contribution in [3.63, 3.8) is 0 Å². The summed E-state index contributed by atoms with van der Waals surface area (Å²) in [5, 5.41) is 15.1. The van der Waals surface area contributed by atoms with Gasteiger partial charge in [0.05, 0.1) is 17.4 Å². The second kappa shape index (κ2) is 5.88. The second-order valence-corrected chi connectivity index (χ2v) is 6.27. The van der Waals surface area contributed by atoms with Crippen molar-refractivity contribution in [1.82, 2.24) is 24.8 Å². The maximum Gasteiger partial charge on any atom is 0.279 e. The third kappa shape index (κ3) is 3.32. The molecule has 0 saturated heterocycles. The average Bonchev–Trinajstić information content (AvgIpc) is 3.16. The van der Waals surface area contributed by atoms with Gasteiger partial charge in [0, 0.05) is 12.3 Å². The highest BCUT2D eigenvalue weighted by molar-refractivity contribution is 6.02. The van der Waals surface area contributed by atoms with Crippen LogP contribution in [0.5, 0.6) is 0 Å². The number of nitrogens with one attached hydrogen (secondary N) is 1. The van der Waals surface area contributed by atoms with Crippen molar-refractivity contribution in [2.24, 2.45) is 0 Å². The van der Waals surface area contributed by atoms with Crippen LogP contribution in [-0.2, 0) is 5.54 Å². The molecule has 0 unspecified atom stereocenters. The van der Waals surface area contributed by atoms with E-state index in [-0.39, 0.29) is 17.1 Å². The molecule has 0 aliphatic rings. The number of hydrogen-bond donors (Lipinski definition) is 1. The highest BCUT2D eigenvalue weighted by Crippen LogP contribution is 2.15. The first kappa shape index (κ1) is 15.9. The van der Waals surface area contributed by atoms with E-state index in [1.165, 1.54) is 35.3 Å². The van der Waals surface area contributed by atoms with Crippen molar-refractivity contribution in [2.75, 3.05) is 5.32 Å². The van der Waals surface area contributed by atoms with Crippen LogP contribution >= 0.6 is 0 Å². The number of nitrogens with zero attached hydrogens (tertiary/aromatic N) is 5. The molecule has 0 aliphatic heterocycles. The van der Waals surface area contributed by atoms with Crippen LogP contribution in [0.25, 0.3) is 5.69 Å². The summed E-state index contributed by atoms with van der Waals surface area (Å²) in [7, 11) is 0. The third-order valence-electron chi connectivity index (χ3n) is 3.30. The molecule has 8 heteroatoms. The van der Waals surface area contributed by atoms with Gasteiger partial charge in [-0.2, -0.15) is 15.0 Å². The van der Waals surface area contributed by atoms with Crippen LogP contribution in [0.1, 0.15) is 31.3 Å². The summed E-state index contributed by atoms with van der Waals surface area (Å²) in [6.45, 7) is 6.04. The van der Waals surface area contributed by atoms with E-state index in [2.05, 4.69) is 20.6 Å². The first-order chi connectivity index (χ1) is 11.3. The van der Waals surface area contributed by atoms with E-state index in [9.17, 15) is 9.18 Å². The number of hydrogen-bond acceptors (Lipinski definition) is 4. The minimum Gasteiger partial charge on any atom is -0.304 e. The van der Waals surface area contributed by atoms with Gasteiger partial charge in [0.2, 0.25) is 0 Å². The van der Waals surface area contributed by atoms with Crippen molar-refractivity contribution in [3.05, 3.63) is 54.2 Å². The fourth-order valence-corrected chi connectivity index (χ4v) is 2.01. The molecule has 0 spiro atoms. The third-order valence-corrected chi connectivity index (χ3v) is 3.30. The highest BCUT2D eigenvalue weighted by atomic mass is 19.1. The summed E-state index contributed by atoms with van der Waals surface area (Å²) in [4.78, 5) is 13.5. The Labute approximate surface area is 138 Å². The SMILES string of the molecule is CC(C)(C)n1ccc(NC(=O)c2cnn(-c3ccc(F)cc3)n2)n1. The topological polar surface area (TPSA) is 77.6 Å². The first-order valence-electron chi connectivity index (χ1n) is 7.39. The zero-order chi connectivity index (χ0) is 17.3. The Morgan fingerprint density at radius 2 is 1.83 bits per heavy atom. The predicted molar refractivity (Wildman–Crippen MR) is 86.5 cm³/mol. The van der Waals surface area contributed by atoms with Crippen molar-refractivity contribution in [3.8, 4) is 5.69 Å². The van der Waals surface area contributed by atoms with Crippen molar-refractivity contribution >= 4 is 11.7 Å². The summed E-state index contributed by atoms with van der Waals surface area (Å²) < 4.78 is 14.7. The van der Waals surface area contributed by atoms with Gasteiger partial charge in [0.25, 0.3) is 5.91 Å². The van der Waals surface area contributed by atoms with E-state index in [1.807, 2.05) is 20.8 Å². The molecular weight excluding hydrogens is 311 g/mol. The fraction of sp³-hybridized carbons (Fsp3) is 0.250. The Kier molecular flexibility index (Phi) is 3.88. The molecule has 0 aliphatic carbocycles. The van der Waals surface area contributed by atoms with Crippen LogP contribution in [0.2, 0.25) is 0 Å². The lowest BCUT2D eigenvalue weighted by Gasteiger charge is -2.18. The van der Waals surface area contributed by atoms with Crippen LogP contribution in [-0.4, -0.2) is 30.7 Å². The zero-order valence-electron chi connectivity index (χ0n) is 13.6. The number of halogens is 1. The van der Waals surface area contributed by atoms with Gasteiger partial charge in [-0.05, 0) is 45.0 Å². The molecule has 24 heavy (non-hydrogen) atoms. The number of anilines is 1. The van der Waals surface area contributed by atoms with Gasteiger partial charge in [-0.1, -0.05) is 0 Å². The molecule has 124 valence electrons. The van der Waals surface area contributed by atoms with Gasteiger partial charge in [-0.15, -0.1) is 5.10 Å². The second-order valence-electron chi connectivity index (χ2n) is 6.27. The van der Waals surface area contributed by atoms with Crippen molar-refractivity contribution < 1.29 is 9.18 Å². The maximum atomic E-state index is 12.9. The molecule has 0 fully saturated rings. The van der Waals surface area contributed by atoms with Gasteiger partial charge in [-0.3, -0.25) is 9.48 Å². The summed E-state index contributed by atoms with van der Waals surface area (Å²) in [6, 6.07) is 7.38. The Bertz CT molecular complexity index is 859. The molecule has 3 aromatic rings. The fourth-order valence-electron chi connectivity index (χ4n) is 2.01. The smallest absolute Gasteiger partial charge is 0.279 e. The maximum absolute atomic E-state index is 12.9. The van der Waals surface area contributed by atoms with E-state index < -0.39 is 5.91 Å². The van der Waals surface area contributed by atoms with Gasteiger partial charge >= 0.3 is 0 Å². The molecule has 0 atom stereocenters. The van der Waals surface area contributed by atoms with Crippen LogP contribution in [0.3, 0.4) is 0 Å². The molecule has 2 aromatic heterocycles. The lowest BCUT2D eigenvalue weighted by Crippen LogP contribution is -2.22. The van der Waals surface area contributed by atoms with Gasteiger partial charge < -0.3 is 5.32 Å². The number of rotatable bonds is 3. The van der Waals surface area contributed by atoms with E-state index in [0.29, 0.717) is 11.5 Å². The molecule has 0 radical (unpaired) electrons. The van der Waals surface area contributed by atoms with Gasteiger partial charge in [-0.25, -0.2) is 4.39 Å². The van der Waals surface area contributed by atoms with Crippen molar-refractivity contribution in [1.29, 1.82) is 0 Å². The lowest BCUT2D eigenvalue weighted by atomic mass is 10.1. The Morgan fingerprint density at radius 3 is 2.46 bits per heavy atom. The number of benzene rings is 1. The van der Waals surface area contributed by atoms with E-state index in [1.54, 1.807) is 16.9 Å². The predicted octanol–water partition coefficient (Wildman–Crippen LogP) is 2.61. The summed E-state index contributed by atoms with van der Waals surface area (Å²) in [6.07, 6.45) is 3.14. The van der Waals surface area contributed by atoms with E-state index in [0.717, 1.165) is 0 Å². The summed E-state index contributed by atoms with van der Waals surface area (Å²) >= 11 is 0. The lowest BCUT2D eigenvalue weighted by molar-refractivity contribution is 0.102. The van der Waals surface area contributed by atoms with Crippen LogP contribution in [0, 0.1) is 5.82 Å². The average molecular weight is 328 g/mol. The largest absolute Gasteiger partial charge is 0.304 e.